The Balaban J connectivity index is 1.49. The second-order valence-corrected chi connectivity index (χ2v) is 8.10. The topological polar surface area (TPSA) is 61.9 Å². The van der Waals surface area contributed by atoms with Crippen LogP contribution in [0.3, 0.4) is 0 Å². The van der Waals surface area contributed by atoms with Gasteiger partial charge in [-0.15, -0.1) is 0 Å². The summed E-state index contributed by atoms with van der Waals surface area (Å²) < 4.78 is 5.67. The number of Topliss-reactive ketones (excluding diaryl/α,β-unsaturated/α-hetero) is 1. The molecule has 1 N–H and O–H groups in total. The highest BCUT2D eigenvalue weighted by molar-refractivity contribution is 6.31. The number of benzene rings is 2. The number of amides is 1. The molecule has 166 valence electrons. The number of carbonyl (C=O) groups is 2. The third-order valence-corrected chi connectivity index (χ3v) is 5.71. The van der Waals surface area contributed by atoms with Crippen LogP contribution in [0, 0.1) is 0 Å². The third kappa shape index (κ3) is 6.71. The quantitative estimate of drug-likeness (QED) is 0.457. The van der Waals surface area contributed by atoms with E-state index in [0.717, 1.165) is 44.1 Å². The fourth-order valence-electron chi connectivity index (χ4n) is 3.61. The van der Waals surface area contributed by atoms with Crippen molar-refractivity contribution in [3.05, 3.63) is 53.1 Å². The van der Waals surface area contributed by atoms with Gasteiger partial charge in [0.05, 0.1) is 18.0 Å². The molecule has 0 aromatic heterocycles. The van der Waals surface area contributed by atoms with E-state index in [9.17, 15) is 9.59 Å². The Morgan fingerprint density at radius 3 is 2.42 bits per heavy atom. The number of hydrogen-bond donors (Lipinski definition) is 1. The lowest BCUT2D eigenvalue weighted by atomic mass is 10.1. The minimum Gasteiger partial charge on any atom is -0.494 e. The lowest BCUT2D eigenvalue weighted by Crippen LogP contribution is -2.46. The number of anilines is 2. The molecular weight excluding hydrogens is 414 g/mol. The summed E-state index contributed by atoms with van der Waals surface area (Å²) in [6.45, 7) is 9.06. The molecule has 0 spiro atoms. The molecule has 2 aromatic carbocycles. The average molecular weight is 444 g/mol. The fourth-order valence-corrected chi connectivity index (χ4v) is 3.78. The molecule has 31 heavy (non-hydrogen) atoms. The van der Waals surface area contributed by atoms with Gasteiger partial charge in [-0.3, -0.25) is 9.59 Å². The maximum absolute atomic E-state index is 12.5. The van der Waals surface area contributed by atoms with E-state index in [1.807, 2.05) is 18.2 Å². The van der Waals surface area contributed by atoms with Gasteiger partial charge in [0.15, 0.2) is 5.78 Å². The van der Waals surface area contributed by atoms with E-state index in [1.165, 1.54) is 6.92 Å². The van der Waals surface area contributed by atoms with Gasteiger partial charge in [-0.1, -0.05) is 18.5 Å². The largest absolute Gasteiger partial charge is 0.494 e. The van der Waals surface area contributed by atoms with Crippen molar-refractivity contribution >= 4 is 34.7 Å². The first-order chi connectivity index (χ1) is 15.0. The highest BCUT2D eigenvalue weighted by Crippen LogP contribution is 2.30. The van der Waals surface area contributed by atoms with Crippen LogP contribution in [-0.2, 0) is 4.79 Å². The molecule has 1 heterocycles. The lowest BCUT2D eigenvalue weighted by Gasteiger charge is -2.36. The number of halogens is 1. The van der Waals surface area contributed by atoms with Crippen LogP contribution in [0.2, 0.25) is 5.02 Å². The van der Waals surface area contributed by atoms with Crippen molar-refractivity contribution in [2.45, 2.75) is 26.7 Å². The van der Waals surface area contributed by atoms with Crippen LogP contribution in [0.5, 0.6) is 5.75 Å². The number of piperazine rings is 1. The Kier molecular flexibility index (Phi) is 8.32. The molecule has 7 heteroatoms. The summed E-state index contributed by atoms with van der Waals surface area (Å²) in [5, 5.41) is 3.62. The third-order valence-electron chi connectivity index (χ3n) is 5.47. The van der Waals surface area contributed by atoms with E-state index in [2.05, 4.69) is 22.0 Å². The SMILES string of the molecule is CCN1CCN(c2ccc(Cl)cc2NC(=O)CCCOc2ccc(C(C)=O)cc2)CC1. The minimum atomic E-state index is -0.0637. The number of rotatable bonds is 9. The van der Waals surface area contributed by atoms with E-state index >= 15 is 0 Å². The van der Waals surface area contributed by atoms with Gasteiger partial charge in [0, 0.05) is 43.2 Å². The molecule has 1 aliphatic rings. The van der Waals surface area contributed by atoms with E-state index in [4.69, 9.17) is 16.3 Å². The molecule has 2 aromatic rings. The van der Waals surface area contributed by atoms with Crippen LogP contribution in [0.4, 0.5) is 11.4 Å². The van der Waals surface area contributed by atoms with Gasteiger partial charge < -0.3 is 19.9 Å². The van der Waals surface area contributed by atoms with Gasteiger partial charge >= 0.3 is 0 Å². The summed E-state index contributed by atoms with van der Waals surface area (Å²) in [4.78, 5) is 28.5. The Morgan fingerprint density at radius 1 is 1.06 bits per heavy atom. The minimum absolute atomic E-state index is 0.0239. The Bertz CT molecular complexity index is 893. The maximum Gasteiger partial charge on any atom is 0.224 e. The van der Waals surface area contributed by atoms with Gasteiger partial charge in [-0.25, -0.2) is 0 Å². The van der Waals surface area contributed by atoms with Crippen LogP contribution in [0.15, 0.2) is 42.5 Å². The zero-order valence-corrected chi connectivity index (χ0v) is 19.0. The van der Waals surface area contributed by atoms with Crippen molar-refractivity contribution in [1.82, 2.24) is 4.90 Å². The molecule has 0 aliphatic carbocycles. The van der Waals surface area contributed by atoms with Crippen LogP contribution < -0.4 is 15.0 Å². The van der Waals surface area contributed by atoms with Crippen LogP contribution in [0.25, 0.3) is 0 Å². The number of likely N-dealkylation sites (N-methyl/N-ethyl adjacent to an activating group) is 1. The van der Waals surface area contributed by atoms with Gasteiger partial charge in [0.2, 0.25) is 5.91 Å². The number of carbonyl (C=O) groups excluding carboxylic acids is 2. The number of hydrogen-bond acceptors (Lipinski definition) is 5. The van der Waals surface area contributed by atoms with Gasteiger partial charge in [0.25, 0.3) is 0 Å². The molecule has 1 saturated heterocycles. The molecule has 0 radical (unpaired) electrons. The number of nitrogens with one attached hydrogen (secondary N) is 1. The number of nitrogens with zero attached hydrogens (tertiary/aromatic N) is 2. The monoisotopic (exact) mass is 443 g/mol. The molecule has 3 rings (SSSR count). The number of ketones is 1. The Hall–Kier alpha value is -2.57. The average Bonchev–Trinajstić information content (AvgIpc) is 2.77. The molecule has 0 bridgehead atoms. The molecular formula is C24H30ClN3O3. The summed E-state index contributed by atoms with van der Waals surface area (Å²) in [5.41, 5.74) is 2.42. The first kappa shape index (κ1) is 23.1. The van der Waals surface area contributed by atoms with Gasteiger partial charge in [-0.05, 0) is 62.4 Å². The first-order valence-electron chi connectivity index (χ1n) is 10.8. The Labute approximate surface area is 189 Å². The van der Waals surface area contributed by atoms with Gasteiger partial charge in [0.1, 0.15) is 5.75 Å². The molecule has 0 saturated carbocycles. The normalized spacial score (nSPS) is 14.4. The first-order valence-corrected chi connectivity index (χ1v) is 11.1. The maximum atomic E-state index is 12.5. The van der Waals surface area contributed by atoms with Crippen LogP contribution in [0.1, 0.15) is 37.0 Å². The predicted octanol–water partition coefficient (Wildman–Crippen LogP) is 4.48. The summed E-state index contributed by atoms with van der Waals surface area (Å²) in [6.07, 6.45) is 0.937. The van der Waals surface area contributed by atoms with E-state index in [0.29, 0.717) is 35.8 Å². The molecule has 0 atom stereocenters. The second kappa shape index (κ2) is 11.2. The zero-order valence-electron chi connectivity index (χ0n) is 18.2. The van der Waals surface area contributed by atoms with E-state index in [1.54, 1.807) is 24.3 Å². The van der Waals surface area contributed by atoms with Crippen molar-refractivity contribution in [2.75, 3.05) is 49.5 Å². The van der Waals surface area contributed by atoms with Crippen molar-refractivity contribution < 1.29 is 14.3 Å². The molecule has 1 fully saturated rings. The van der Waals surface area contributed by atoms with Crippen molar-refractivity contribution in [3.63, 3.8) is 0 Å². The van der Waals surface area contributed by atoms with Crippen LogP contribution in [-0.4, -0.2) is 55.9 Å². The summed E-state index contributed by atoms with van der Waals surface area (Å²) in [5.74, 6) is 0.649. The van der Waals surface area contributed by atoms with Crippen molar-refractivity contribution in [1.29, 1.82) is 0 Å². The predicted molar refractivity (Wildman–Crippen MR) is 126 cm³/mol. The smallest absolute Gasteiger partial charge is 0.224 e. The molecule has 1 aliphatic heterocycles. The number of ether oxygens (including phenoxy) is 1. The standard InChI is InChI=1S/C24H30ClN3O3/c1-3-27-12-14-28(15-13-27)23-11-8-20(25)17-22(23)26-24(30)5-4-16-31-21-9-6-19(7-10-21)18(2)29/h6-11,17H,3-5,12-16H2,1-2H3,(H,26,30). The summed E-state index contributed by atoms with van der Waals surface area (Å²) in [7, 11) is 0. The highest BCUT2D eigenvalue weighted by Gasteiger charge is 2.19. The Morgan fingerprint density at radius 2 is 1.77 bits per heavy atom. The van der Waals surface area contributed by atoms with Crippen molar-refractivity contribution in [2.24, 2.45) is 0 Å². The van der Waals surface area contributed by atoms with Gasteiger partial charge in [-0.2, -0.15) is 0 Å². The zero-order chi connectivity index (χ0) is 22.2. The highest BCUT2D eigenvalue weighted by atomic mass is 35.5. The molecule has 1 amide bonds. The molecule has 6 nitrogen and oxygen atoms in total. The fraction of sp³-hybridized carbons (Fsp3) is 0.417. The summed E-state index contributed by atoms with van der Waals surface area (Å²) >= 11 is 6.19. The van der Waals surface area contributed by atoms with E-state index < -0.39 is 0 Å². The molecule has 0 unspecified atom stereocenters. The van der Waals surface area contributed by atoms with E-state index in [-0.39, 0.29) is 11.7 Å². The van der Waals surface area contributed by atoms with Crippen molar-refractivity contribution in [3.8, 4) is 5.75 Å². The lowest BCUT2D eigenvalue weighted by molar-refractivity contribution is -0.116. The van der Waals surface area contributed by atoms with Crippen LogP contribution >= 0.6 is 11.6 Å². The summed E-state index contributed by atoms with van der Waals surface area (Å²) in [6, 6.07) is 12.7. The second-order valence-electron chi connectivity index (χ2n) is 7.66.